The molecule has 1 heterocycles. The van der Waals surface area contributed by atoms with Crippen molar-refractivity contribution in [2.45, 2.75) is 0 Å². The summed E-state index contributed by atoms with van der Waals surface area (Å²) >= 11 is 1.08. The van der Waals surface area contributed by atoms with Crippen molar-refractivity contribution in [1.29, 1.82) is 0 Å². The molecule has 4 heteroatoms. The molecule has 1 saturated heterocycles. The largest absolute Gasteiger partial charge is 0.347 e. The minimum absolute atomic E-state index is 0.0459. The molecular formula is C4H5NO2S. The number of carbonyl (C=O) groups excluding carboxylic acids is 2. The van der Waals surface area contributed by atoms with Crippen LogP contribution in [-0.2, 0) is 9.59 Å². The van der Waals surface area contributed by atoms with E-state index in [4.69, 9.17) is 0 Å². The van der Waals surface area contributed by atoms with Crippen LogP contribution >= 0.6 is 11.8 Å². The van der Waals surface area contributed by atoms with Crippen LogP contribution in [0, 0.1) is 0 Å². The maximum absolute atomic E-state index is 10.4. The fourth-order valence-electron chi connectivity index (χ4n) is 0.419. The van der Waals surface area contributed by atoms with Gasteiger partial charge < -0.3 is 5.32 Å². The minimum Gasteiger partial charge on any atom is -0.347 e. The van der Waals surface area contributed by atoms with Crippen molar-refractivity contribution in [3.63, 3.8) is 0 Å². The Morgan fingerprint density at radius 2 is 2.25 bits per heavy atom. The van der Waals surface area contributed by atoms with E-state index in [1.807, 2.05) is 0 Å². The molecule has 1 aliphatic rings. The Bertz CT molecular complexity index is 106. The zero-order valence-corrected chi connectivity index (χ0v) is 4.96. The smallest absolute Gasteiger partial charge is 0.230 e. The zero-order chi connectivity index (χ0) is 5.98. The van der Waals surface area contributed by atoms with Crippen molar-refractivity contribution in [3.05, 3.63) is 0 Å². The molecule has 0 bridgehead atoms. The Balaban J connectivity index is 2.40. The predicted octanol–water partition coefficient (Wildman–Crippen LogP) is -0.624. The van der Waals surface area contributed by atoms with E-state index in [1.54, 1.807) is 0 Å². The van der Waals surface area contributed by atoms with E-state index in [2.05, 4.69) is 5.32 Å². The maximum atomic E-state index is 10.4. The van der Waals surface area contributed by atoms with Gasteiger partial charge in [-0.1, -0.05) is 11.8 Å². The van der Waals surface area contributed by atoms with Gasteiger partial charge in [0.15, 0.2) is 0 Å². The Labute approximate surface area is 50.8 Å². The number of amides is 1. The molecule has 1 aliphatic heterocycles. The highest BCUT2D eigenvalue weighted by atomic mass is 32.2. The van der Waals surface area contributed by atoms with Crippen molar-refractivity contribution in [3.8, 4) is 0 Å². The van der Waals surface area contributed by atoms with E-state index < -0.39 is 0 Å². The lowest BCUT2D eigenvalue weighted by Gasteiger charge is -2.07. The number of hydrogen-bond donors (Lipinski definition) is 1. The van der Waals surface area contributed by atoms with Gasteiger partial charge in [0.05, 0.1) is 12.3 Å². The summed E-state index contributed by atoms with van der Waals surface area (Å²) in [5.74, 6) is 0.244. The fourth-order valence-corrected chi connectivity index (χ4v) is 0.987. The SMILES string of the molecule is O=C1CSC(=O)CN1. The van der Waals surface area contributed by atoms with Gasteiger partial charge >= 0.3 is 0 Å². The van der Waals surface area contributed by atoms with Gasteiger partial charge in [0, 0.05) is 0 Å². The van der Waals surface area contributed by atoms with Gasteiger partial charge in [0.2, 0.25) is 11.0 Å². The van der Waals surface area contributed by atoms with Crippen LogP contribution in [0.4, 0.5) is 0 Å². The molecule has 0 unspecified atom stereocenters. The first-order valence-electron chi connectivity index (χ1n) is 2.21. The third-order valence-corrected chi connectivity index (χ3v) is 1.67. The van der Waals surface area contributed by atoms with Crippen LogP contribution < -0.4 is 5.32 Å². The van der Waals surface area contributed by atoms with Crippen LogP contribution in [-0.4, -0.2) is 23.3 Å². The van der Waals surface area contributed by atoms with Crippen LogP contribution in [0.15, 0.2) is 0 Å². The number of thioether (sulfide) groups is 1. The van der Waals surface area contributed by atoms with Crippen LogP contribution in [0.1, 0.15) is 0 Å². The lowest BCUT2D eigenvalue weighted by atomic mass is 10.6. The van der Waals surface area contributed by atoms with E-state index in [0.717, 1.165) is 11.8 Å². The fraction of sp³-hybridized carbons (Fsp3) is 0.500. The summed E-state index contributed by atoms with van der Waals surface area (Å²) in [6.07, 6.45) is 0. The molecule has 1 rings (SSSR count). The second-order valence-corrected chi connectivity index (χ2v) is 2.47. The molecule has 0 aromatic carbocycles. The highest BCUT2D eigenvalue weighted by molar-refractivity contribution is 8.14. The summed E-state index contributed by atoms with van der Waals surface area (Å²) in [6, 6.07) is 0. The van der Waals surface area contributed by atoms with Crippen LogP contribution in [0.5, 0.6) is 0 Å². The summed E-state index contributed by atoms with van der Waals surface area (Å²) in [5, 5.41) is 2.47. The summed E-state index contributed by atoms with van der Waals surface area (Å²) in [6.45, 7) is 0.198. The number of hydrogen-bond acceptors (Lipinski definition) is 3. The van der Waals surface area contributed by atoms with Gasteiger partial charge in [-0.15, -0.1) is 0 Å². The molecular weight excluding hydrogens is 126 g/mol. The maximum Gasteiger partial charge on any atom is 0.230 e. The number of carbonyl (C=O) groups is 2. The van der Waals surface area contributed by atoms with E-state index in [1.165, 1.54) is 0 Å². The third-order valence-electron chi connectivity index (χ3n) is 0.794. The average Bonchev–Trinajstić information content (AvgIpc) is 1.77. The molecule has 1 fully saturated rings. The van der Waals surface area contributed by atoms with Crippen LogP contribution in [0.2, 0.25) is 0 Å². The molecule has 0 atom stereocenters. The van der Waals surface area contributed by atoms with E-state index >= 15 is 0 Å². The first-order valence-corrected chi connectivity index (χ1v) is 3.20. The molecule has 0 radical (unpaired) electrons. The van der Waals surface area contributed by atoms with E-state index in [0.29, 0.717) is 5.75 Å². The molecule has 0 aliphatic carbocycles. The summed E-state index contributed by atoms with van der Waals surface area (Å²) < 4.78 is 0. The molecule has 0 aromatic heterocycles. The van der Waals surface area contributed by atoms with Crippen molar-refractivity contribution in [2.75, 3.05) is 12.3 Å². The standard InChI is InChI=1S/C4H5NO2S/c6-3-2-8-4(7)1-5-3/h1-2H2,(H,5,6). The summed E-state index contributed by atoms with van der Waals surface area (Å²) in [4.78, 5) is 20.7. The highest BCUT2D eigenvalue weighted by Crippen LogP contribution is 2.03. The summed E-state index contributed by atoms with van der Waals surface area (Å²) in [5.41, 5.74) is 0. The Hall–Kier alpha value is -0.510. The van der Waals surface area contributed by atoms with Crippen LogP contribution in [0.3, 0.4) is 0 Å². The lowest BCUT2D eigenvalue weighted by Crippen LogP contribution is -2.34. The first-order chi connectivity index (χ1) is 3.79. The zero-order valence-electron chi connectivity index (χ0n) is 4.14. The first kappa shape index (κ1) is 5.62. The summed E-state index contributed by atoms with van der Waals surface area (Å²) in [7, 11) is 0. The number of nitrogens with one attached hydrogen (secondary N) is 1. The topological polar surface area (TPSA) is 46.2 Å². The Kier molecular flexibility index (Phi) is 1.53. The Morgan fingerprint density at radius 1 is 1.50 bits per heavy atom. The van der Waals surface area contributed by atoms with Gasteiger partial charge in [0.1, 0.15) is 0 Å². The van der Waals surface area contributed by atoms with Crippen molar-refractivity contribution in [2.24, 2.45) is 0 Å². The molecule has 1 N–H and O–H groups in total. The molecule has 0 spiro atoms. The van der Waals surface area contributed by atoms with Gasteiger partial charge in [-0.2, -0.15) is 0 Å². The predicted molar refractivity (Wildman–Crippen MR) is 30.5 cm³/mol. The minimum atomic E-state index is -0.0467. The monoisotopic (exact) mass is 131 g/mol. The van der Waals surface area contributed by atoms with Gasteiger partial charge in [0.25, 0.3) is 0 Å². The van der Waals surface area contributed by atoms with Gasteiger partial charge in [-0.05, 0) is 0 Å². The van der Waals surface area contributed by atoms with E-state index in [9.17, 15) is 9.59 Å². The van der Waals surface area contributed by atoms with Gasteiger partial charge in [-0.25, -0.2) is 0 Å². The quantitative estimate of drug-likeness (QED) is 0.476. The second-order valence-electron chi connectivity index (χ2n) is 1.44. The molecule has 0 aromatic rings. The number of rotatable bonds is 0. The molecule has 3 nitrogen and oxygen atoms in total. The third kappa shape index (κ3) is 1.23. The van der Waals surface area contributed by atoms with E-state index in [-0.39, 0.29) is 17.6 Å². The molecule has 1 amide bonds. The lowest BCUT2D eigenvalue weighted by molar-refractivity contribution is -0.121. The van der Waals surface area contributed by atoms with Crippen molar-refractivity contribution in [1.82, 2.24) is 5.32 Å². The van der Waals surface area contributed by atoms with Gasteiger partial charge in [-0.3, -0.25) is 9.59 Å². The molecule has 44 valence electrons. The Morgan fingerprint density at radius 3 is 2.62 bits per heavy atom. The highest BCUT2D eigenvalue weighted by Gasteiger charge is 2.13. The average molecular weight is 131 g/mol. The van der Waals surface area contributed by atoms with Crippen molar-refractivity contribution < 1.29 is 9.59 Å². The normalized spacial score (nSPS) is 20.5. The molecule has 8 heavy (non-hydrogen) atoms. The van der Waals surface area contributed by atoms with Crippen LogP contribution in [0.25, 0.3) is 0 Å². The second kappa shape index (κ2) is 2.17. The van der Waals surface area contributed by atoms with Crippen molar-refractivity contribution >= 4 is 22.8 Å². The molecule has 0 saturated carbocycles.